The second-order valence-corrected chi connectivity index (χ2v) is 7.09. The van der Waals surface area contributed by atoms with E-state index in [1.54, 1.807) is 25.2 Å². The molecule has 2 rings (SSSR count). The Labute approximate surface area is 185 Å². The molecule has 6 nitrogen and oxygen atoms in total. The third kappa shape index (κ3) is 9.38. The van der Waals surface area contributed by atoms with Crippen LogP contribution in [0, 0.1) is 5.82 Å². The number of hydrogen-bond acceptors (Lipinski definition) is 4. The highest BCUT2D eigenvalue weighted by molar-refractivity contribution is 14.0. The molecular weight excluding hydrogens is 472 g/mol. The zero-order valence-electron chi connectivity index (χ0n) is 17.3. The molecule has 0 saturated carbocycles. The maximum Gasteiger partial charge on any atom is 0.191 e. The first-order valence-electron chi connectivity index (χ1n) is 9.85. The highest BCUT2D eigenvalue weighted by Gasteiger charge is 2.12. The number of aliphatic imine (C=N–C) groups is 1. The quantitative estimate of drug-likeness (QED) is 0.245. The summed E-state index contributed by atoms with van der Waals surface area (Å²) in [5.41, 5.74) is 0. The predicted molar refractivity (Wildman–Crippen MR) is 124 cm³/mol. The second kappa shape index (κ2) is 13.9. The Balaban J connectivity index is 0.00000392. The van der Waals surface area contributed by atoms with Crippen molar-refractivity contribution in [2.24, 2.45) is 4.99 Å². The van der Waals surface area contributed by atoms with Gasteiger partial charge in [0.1, 0.15) is 6.10 Å². The van der Waals surface area contributed by atoms with E-state index < -0.39 is 0 Å². The number of nitrogens with one attached hydrogen (secondary N) is 2. The minimum Gasteiger partial charge on any atom is -0.486 e. The number of para-hydroxylation sites is 1. The average molecular weight is 507 g/mol. The van der Waals surface area contributed by atoms with Crippen molar-refractivity contribution in [2.45, 2.75) is 25.9 Å². The molecule has 0 spiro atoms. The van der Waals surface area contributed by atoms with Crippen LogP contribution in [0.5, 0.6) is 5.75 Å². The molecule has 1 unspecified atom stereocenters. The largest absolute Gasteiger partial charge is 0.486 e. The van der Waals surface area contributed by atoms with E-state index in [4.69, 9.17) is 4.74 Å². The lowest BCUT2D eigenvalue weighted by Crippen LogP contribution is -2.42. The Morgan fingerprint density at radius 1 is 1.21 bits per heavy atom. The van der Waals surface area contributed by atoms with E-state index in [9.17, 15) is 4.39 Å². The zero-order chi connectivity index (χ0) is 19.5. The van der Waals surface area contributed by atoms with E-state index in [2.05, 4.69) is 32.5 Å². The molecule has 1 saturated heterocycles. The molecule has 1 aliphatic rings. The third-order valence-corrected chi connectivity index (χ3v) is 4.70. The van der Waals surface area contributed by atoms with Crippen LogP contribution in [0.25, 0.3) is 0 Å². The molecule has 2 N–H and O–H groups in total. The van der Waals surface area contributed by atoms with Crippen molar-refractivity contribution in [3.05, 3.63) is 30.1 Å². The van der Waals surface area contributed by atoms with Crippen LogP contribution in [-0.4, -0.2) is 81.8 Å². The van der Waals surface area contributed by atoms with E-state index >= 15 is 0 Å². The van der Waals surface area contributed by atoms with Crippen molar-refractivity contribution in [3.8, 4) is 5.75 Å². The summed E-state index contributed by atoms with van der Waals surface area (Å²) in [5.74, 6) is 0.680. The summed E-state index contributed by atoms with van der Waals surface area (Å²) in [5, 5.41) is 6.57. The molecular formula is C20H35FIN5O. The summed E-state index contributed by atoms with van der Waals surface area (Å²) in [7, 11) is 3.94. The minimum absolute atomic E-state index is 0. The van der Waals surface area contributed by atoms with Crippen LogP contribution in [0.15, 0.2) is 29.3 Å². The number of ether oxygens (including phenoxy) is 1. The SMILES string of the molecule is CN=C(NCCCN1CCCN(C)CC1)NCC(C)Oc1ccccc1F.I. The van der Waals surface area contributed by atoms with Crippen molar-refractivity contribution in [3.63, 3.8) is 0 Å². The Bertz CT molecular complexity index is 589. The normalized spacial score (nSPS) is 17.4. The van der Waals surface area contributed by atoms with Crippen LogP contribution >= 0.6 is 24.0 Å². The summed E-state index contributed by atoms with van der Waals surface area (Å²) in [6.45, 7) is 9.10. The number of hydrogen-bond donors (Lipinski definition) is 2. The van der Waals surface area contributed by atoms with E-state index in [-0.39, 0.29) is 41.6 Å². The molecule has 0 amide bonds. The Morgan fingerprint density at radius 2 is 2.00 bits per heavy atom. The van der Waals surface area contributed by atoms with Crippen LogP contribution in [-0.2, 0) is 0 Å². The fraction of sp³-hybridized carbons (Fsp3) is 0.650. The number of likely N-dealkylation sites (N-methyl/N-ethyl adjacent to an activating group) is 1. The van der Waals surface area contributed by atoms with Crippen molar-refractivity contribution in [1.29, 1.82) is 0 Å². The van der Waals surface area contributed by atoms with Gasteiger partial charge in [0.25, 0.3) is 0 Å². The summed E-state index contributed by atoms with van der Waals surface area (Å²) in [6.07, 6.45) is 2.15. The topological polar surface area (TPSA) is 52.1 Å². The molecule has 1 heterocycles. The van der Waals surface area contributed by atoms with Gasteiger partial charge in [0, 0.05) is 26.7 Å². The molecule has 1 aromatic carbocycles. The summed E-state index contributed by atoms with van der Waals surface area (Å²) >= 11 is 0. The summed E-state index contributed by atoms with van der Waals surface area (Å²) in [4.78, 5) is 9.17. The number of halogens is 2. The van der Waals surface area contributed by atoms with Crippen molar-refractivity contribution in [2.75, 3.05) is 59.9 Å². The van der Waals surface area contributed by atoms with Gasteiger partial charge in [-0.2, -0.15) is 0 Å². The monoisotopic (exact) mass is 507 g/mol. The van der Waals surface area contributed by atoms with Gasteiger partial charge >= 0.3 is 0 Å². The Morgan fingerprint density at radius 3 is 2.75 bits per heavy atom. The van der Waals surface area contributed by atoms with Crippen molar-refractivity contribution in [1.82, 2.24) is 20.4 Å². The van der Waals surface area contributed by atoms with Gasteiger partial charge in [-0.25, -0.2) is 4.39 Å². The Kier molecular flexibility index (Phi) is 12.4. The molecule has 28 heavy (non-hydrogen) atoms. The second-order valence-electron chi connectivity index (χ2n) is 7.09. The fourth-order valence-electron chi connectivity index (χ4n) is 3.09. The number of rotatable bonds is 8. The van der Waals surface area contributed by atoms with Crippen LogP contribution < -0.4 is 15.4 Å². The maximum atomic E-state index is 13.6. The molecule has 1 aliphatic heterocycles. The van der Waals surface area contributed by atoms with E-state index in [0.717, 1.165) is 38.6 Å². The van der Waals surface area contributed by atoms with Gasteiger partial charge < -0.3 is 25.2 Å². The minimum atomic E-state index is -0.341. The predicted octanol–water partition coefficient (Wildman–Crippen LogP) is 2.40. The fourth-order valence-corrected chi connectivity index (χ4v) is 3.09. The van der Waals surface area contributed by atoms with Gasteiger partial charge in [0.15, 0.2) is 17.5 Å². The van der Waals surface area contributed by atoms with Gasteiger partial charge in [0.05, 0.1) is 6.54 Å². The highest BCUT2D eigenvalue weighted by atomic mass is 127. The van der Waals surface area contributed by atoms with Gasteiger partial charge in [-0.3, -0.25) is 4.99 Å². The van der Waals surface area contributed by atoms with E-state index in [1.807, 2.05) is 6.92 Å². The molecule has 0 aliphatic carbocycles. The lowest BCUT2D eigenvalue weighted by molar-refractivity contribution is 0.214. The molecule has 160 valence electrons. The third-order valence-electron chi connectivity index (χ3n) is 4.70. The van der Waals surface area contributed by atoms with Gasteiger partial charge in [-0.15, -0.1) is 24.0 Å². The maximum absolute atomic E-state index is 13.6. The first kappa shape index (κ1) is 24.9. The lowest BCUT2D eigenvalue weighted by atomic mass is 10.3. The molecule has 1 aromatic rings. The van der Waals surface area contributed by atoms with E-state index in [1.165, 1.54) is 25.6 Å². The first-order chi connectivity index (χ1) is 13.1. The van der Waals surface area contributed by atoms with Gasteiger partial charge in [-0.05, 0) is 58.6 Å². The van der Waals surface area contributed by atoms with Crippen molar-refractivity contribution >= 4 is 29.9 Å². The van der Waals surface area contributed by atoms with Crippen molar-refractivity contribution < 1.29 is 9.13 Å². The number of benzene rings is 1. The lowest BCUT2D eigenvalue weighted by Gasteiger charge is -2.21. The van der Waals surface area contributed by atoms with E-state index in [0.29, 0.717) is 6.54 Å². The summed E-state index contributed by atoms with van der Waals surface area (Å²) in [6, 6.07) is 6.46. The van der Waals surface area contributed by atoms with Crippen LogP contribution in [0.3, 0.4) is 0 Å². The van der Waals surface area contributed by atoms with Gasteiger partial charge in [0.2, 0.25) is 0 Å². The smallest absolute Gasteiger partial charge is 0.191 e. The summed E-state index contributed by atoms with van der Waals surface area (Å²) < 4.78 is 19.3. The van der Waals surface area contributed by atoms with Crippen LogP contribution in [0.2, 0.25) is 0 Å². The first-order valence-corrected chi connectivity index (χ1v) is 9.85. The highest BCUT2D eigenvalue weighted by Crippen LogP contribution is 2.16. The molecule has 0 radical (unpaired) electrons. The molecule has 8 heteroatoms. The van der Waals surface area contributed by atoms with Crippen LogP contribution in [0.1, 0.15) is 19.8 Å². The molecule has 1 fully saturated rings. The van der Waals surface area contributed by atoms with Crippen LogP contribution in [0.4, 0.5) is 4.39 Å². The average Bonchev–Trinajstić information content (AvgIpc) is 2.87. The zero-order valence-corrected chi connectivity index (χ0v) is 19.6. The number of guanidine groups is 1. The Hall–Kier alpha value is -1.13. The molecule has 0 aromatic heterocycles. The number of nitrogens with zero attached hydrogens (tertiary/aromatic N) is 3. The molecule has 1 atom stereocenters. The standard InChI is InChI=1S/C20H34FN5O.HI/c1-17(27-19-9-5-4-8-18(19)21)16-24-20(22-2)23-10-6-12-26-13-7-11-25(3)14-15-26;/h4-5,8-9,17H,6-7,10-16H2,1-3H3,(H2,22,23,24);1H. The van der Waals surface area contributed by atoms with Gasteiger partial charge in [-0.1, -0.05) is 12.1 Å². The molecule has 0 bridgehead atoms.